The average Bonchev–Trinajstić information content (AvgIpc) is 3.06. The maximum absolute atomic E-state index is 12.5. The van der Waals surface area contributed by atoms with Crippen LogP contribution >= 0.6 is 11.3 Å². The molecule has 0 spiro atoms. The Morgan fingerprint density at radius 2 is 1.94 bits per heavy atom. The summed E-state index contributed by atoms with van der Waals surface area (Å²) >= 11 is 1.46. The summed E-state index contributed by atoms with van der Waals surface area (Å²) in [4.78, 5) is 47.7. The Bertz CT molecular complexity index is 1160. The largest absolute Gasteiger partial charge is 0.457 e. The number of piperidine rings is 1. The number of ether oxygens (including phenoxy) is 1. The number of esters is 1. The van der Waals surface area contributed by atoms with Gasteiger partial charge in [-0.25, -0.2) is 9.78 Å². The predicted octanol–water partition coefficient (Wildman–Crippen LogP) is 3.59. The molecule has 3 heterocycles. The molecule has 31 heavy (non-hydrogen) atoms. The first kappa shape index (κ1) is 21.0. The number of aryl methyl sites for hydroxylation is 2. The highest BCUT2D eigenvalue weighted by Gasteiger charge is 2.28. The van der Waals surface area contributed by atoms with Gasteiger partial charge in [-0.15, -0.1) is 11.3 Å². The monoisotopic (exact) mass is 440 g/mol. The molecule has 0 unspecified atom stereocenters. The lowest BCUT2D eigenvalue weighted by Gasteiger charge is -2.30. The van der Waals surface area contributed by atoms with Crippen LogP contribution in [0.25, 0.3) is 10.2 Å². The van der Waals surface area contributed by atoms with Crippen LogP contribution in [0, 0.1) is 19.8 Å². The van der Waals surface area contributed by atoms with Crippen molar-refractivity contribution >= 4 is 39.2 Å². The van der Waals surface area contributed by atoms with Gasteiger partial charge in [0.05, 0.1) is 11.3 Å². The van der Waals surface area contributed by atoms with Crippen molar-refractivity contribution in [3.05, 3.63) is 57.0 Å². The van der Waals surface area contributed by atoms with Crippen molar-refractivity contribution in [1.29, 1.82) is 0 Å². The van der Waals surface area contributed by atoms with Gasteiger partial charge in [0.1, 0.15) is 17.3 Å². The van der Waals surface area contributed by atoms with Crippen molar-refractivity contribution in [2.45, 2.75) is 33.3 Å². The van der Waals surface area contributed by atoms with Crippen molar-refractivity contribution in [3.8, 4) is 0 Å². The van der Waals surface area contributed by atoms with E-state index < -0.39 is 0 Å². The lowest BCUT2D eigenvalue weighted by molar-refractivity contribution is -0.151. The van der Waals surface area contributed by atoms with Gasteiger partial charge < -0.3 is 19.9 Å². The lowest BCUT2D eigenvalue weighted by atomic mass is 9.97. The fraction of sp³-hybridized carbons (Fsp3) is 0.364. The summed E-state index contributed by atoms with van der Waals surface area (Å²) in [6.07, 6.45) is 1.07. The van der Waals surface area contributed by atoms with Crippen molar-refractivity contribution in [2.75, 3.05) is 18.4 Å². The number of hydrogen-bond acceptors (Lipinski definition) is 6. The Kier molecular flexibility index (Phi) is 6.03. The number of nitrogens with zero attached hydrogens (tertiary/aromatic N) is 2. The minimum Gasteiger partial charge on any atom is -0.457 e. The van der Waals surface area contributed by atoms with Gasteiger partial charge in [0.15, 0.2) is 0 Å². The third kappa shape index (κ3) is 4.61. The molecule has 0 saturated carbocycles. The van der Waals surface area contributed by atoms with Gasteiger partial charge in [-0.3, -0.25) is 9.59 Å². The highest BCUT2D eigenvalue weighted by atomic mass is 32.1. The Labute approximate surface area is 183 Å². The first-order valence-electron chi connectivity index (χ1n) is 10.2. The van der Waals surface area contributed by atoms with E-state index in [4.69, 9.17) is 4.74 Å². The number of thiophene rings is 1. The van der Waals surface area contributed by atoms with Crippen LogP contribution in [0.15, 0.2) is 35.1 Å². The highest BCUT2D eigenvalue weighted by Crippen LogP contribution is 2.26. The molecule has 2 amide bonds. The minimum atomic E-state index is -0.329. The van der Waals surface area contributed by atoms with E-state index in [1.807, 2.05) is 44.2 Å². The van der Waals surface area contributed by atoms with E-state index in [0.29, 0.717) is 42.0 Å². The molecule has 4 rings (SSSR count). The van der Waals surface area contributed by atoms with E-state index in [1.165, 1.54) is 11.3 Å². The first-order valence-corrected chi connectivity index (χ1v) is 11.0. The van der Waals surface area contributed by atoms with Crippen molar-refractivity contribution < 1.29 is 14.3 Å². The number of rotatable bonds is 4. The lowest BCUT2D eigenvalue weighted by Crippen LogP contribution is -2.42. The molecular weight excluding hydrogens is 416 g/mol. The summed E-state index contributed by atoms with van der Waals surface area (Å²) in [5.41, 5.74) is 1.46. The van der Waals surface area contributed by atoms with Crippen molar-refractivity contribution in [2.24, 2.45) is 5.92 Å². The summed E-state index contributed by atoms with van der Waals surface area (Å²) in [5.74, 6) is -0.265. The van der Waals surface area contributed by atoms with E-state index in [2.05, 4.69) is 15.3 Å². The number of hydrogen-bond donors (Lipinski definition) is 2. The van der Waals surface area contributed by atoms with E-state index in [-0.39, 0.29) is 30.1 Å². The van der Waals surface area contributed by atoms with Crippen LogP contribution in [-0.2, 0) is 16.1 Å². The molecule has 0 aliphatic carbocycles. The quantitative estimate of drug-likeness (QED) is 0.604. The van der Waals surface area contributed by atoms with Gasteiger partial charge in [0, 0.05) is 23.7 Å². The molecule has 162 valence electrons. The molecule has 1 saturated heterocycles. The van der Waals surface area contributed by atoms with Crippen LogP contribution in [0.5, 0.6) is 0 Å². The number of nitrogens with one attached hydrogen (secondary N) is 2. The Hall–Kier alpha value is -3.20. The second kappa shape index (κ2) is 8.89. The molecule has 9 heteroatoms. The van der Waals surface area contributed by atoms with Gasteiger partial charge in [-0.1, -0.05) is 18.2 Å². The maximum Gasteiger partial charge on any atom is 0.321 e. The number of urea groups is 1. The highest BCUT2D eigenvalue weighted by molar-refractivity contribution is 7.18. The van der Waals surface area contributed by atoms with Gasteiger partial charge in [0.25, 0.3) is 5.56 Å². The molecule has 2 aromatic heterocycles. The van der Waals surface area contributed by atoms with Gasteiger partial charge in [-0.05, 0) is 44.4 Å². The number of aromatic amines is 1. The molecule has 1 aromatic carbocycles. The van der Waals surface area contributed by atoms with E-state index >= 15 is 0 Å². The Morgan fingerprint density at radius 1 is 1.23 bits per heavy atom. The van der Waals surface area contributed by atoms with Crippen LogP contribution in [0.2, 0.25) is 0 Å². The van der Waals surface area contributed by atoms with Gasteiger partial charge in [-0.2, -0.15) is 0 Å². The fourth-order valence-electron chi connectivity index (χ4n) is 3.67. The average molecular weight is 441 g/mol. The maximum atomic E-state index is 12.5. The van der Waals surface area contributed by atoms with E-state index in [1.54, 1.807) is 4.90 Å². The zero-order valence-electron chi connectivity index (χ0n) is 17.4. The fourth-order valence-corrected chi connectivity index (χ4v) is 4.72. The summed E-state index contributed by atoms with van der Waals surface area (Å²) in [7, 11) is 0. The third-order valence-electron chi connectivity index (χ3n) is 5.58. The summed E-state index contributed by atoms with van der Waals surface area (Å²) in [6, 6.07) is 9.09. The summed E-state index contributed by atoms with van der Waals surface area (Å²) < 4.78 is 5.41. The zero-order valence-corrected chi connectivity index (χ0v) is 18.3. The molecule has 0 atom stereocenters. The molecule has 2 N–H and O–H groups in total. The second-order valence-electron chi connectivity index (χ2n) is 7.64. The van der Waals surface area contributed by atoms with Crippen LogP contribution in [0.1, 0.15) is 29.1 Å². The molecule has 0 bridgehead atoms. The minimum absolute atomic E-state index is 0.0747. The smallest absolute Gasteiger partial charge is 0.321 e. The summed E-state index contributed by atoms with van der Waals surface area (Å²) in [6.45, 7) is 4.74. The number of fused-ring (bicyclic) bond motifs is 1. The van der Waals surface area contributed by atoms with Crippen LogP contribution in [0.4, 0.5) is 10.5 Å². The number of H-pyrrole nitrogens is 1. The molecule has 1 aliphatic heterocycles. The topological polar surface area (TPSA) is 104 Å². The molecule has 0 radical (unpaired) electrons. The van der Waals surface area contributed by atoms with Crippen LogP contribution < -0.4 is 10.9 Å². The SMILES string of the molecule is Cc1sc2nc(COC(=O)C3CCN(C(=O)Nc4ccccc4)CC3)[nH]c(=O)c2c1C. The number of amides is 2. The summed E-state index contributed by atoms with van der Waals surface area (Å²) in [5, 5.41) is 3.45. The van der Waals surface area contributed by atoms with E-state index in [9.17, 15) is 14.4 Å². The molecule has 3 aromatic rings. The molecular formula is C22H24N4O4S. The van der Waals surface area contributed by atoms with E-state index in [0.717, 1.165) is 16.1 Å². The van der Waals surface area contributed by atoms with Gasteiger partial charge in [0.2, 0.25) is 0 Å². The number of para-hydroxylation sites is 1. The van der Waals surface area contributed by atoms with Gasteiger partial charge >= 0.3 is 12.0 Å². The molecule has 1 fully saturated rings. The number of carbonyl (C=O) groups excluding carboxylic acids is 2. The van der Waals surface area contributed by atoms with Crippen LogP contribution in [0.3, 0.4) is 0 Å². The van der Waals surface area contributed by atoms with Crippen molar-refractivity contribution in [3.63, 3.8) is 0 Å². The van der Waals surface area contributed by atoms with Crippen LogP contribution in [-0.4, -0.2) is 40.0 Å². The first-order chi connectivity index (χ1) is 14.9. The number of anilines is 1. The predicted molar refractivity (Wildman–Crippen MR) is 119 cm³/mol. The number of likely N-dealkylation sites (tertiary alicyclic amines) is 1. The Balaban J connectivity index is 1.30. The third-order valence-corrected chi connectivity index (χ3v) is 6.68. The zero-order chi connectivity index (χ0) is 22.0. The molecule has 8 nitrogen and oxygen atoms in total. The number of carbonyl (C=O) groups is 2. The number of aromatic nitrogens is 2. The second-order valence-corrected chi connectivity index (χ2v) is 8.84. The van der Waals surface area contributed by atoms with Crippen molar-refractivity contribution in [1.82, 2.24) is 14.9 Å². The standard InChI is InChI=1S/C22H24N4O4S/c1-13-14(2)31-20-18(13)19(27)24-17(25-20)12-30-21(28)15-8-10-26(11-9-15)22(29)23-16-6-4-3-5-7-16/h3-7,15H,8-12H2,1-2H3,(H,23,29)(H,24,25,27). The normalized spacial score (nSPS) is 14.6. The molecule has 1 aliphatic rings. The number of benzene rings is 1. The Morgan fingerprint density at radius 3 is 2.65 bits per heavy atom.